The van der Waals surface area contributed by atoms with Crippen LogP contribution in [0.25, 0.3) is 0 Å². The second kappa shape index (κ2) is 4.77. The normalized spacial score (nSPS) is 13.9. The van der Waals surface area contributed by atoms with Crippen molar-refractivity contribution >= 4 is 0 Å². The Labute approximate surface area is 92.3 Å². The van der Waals surface area contributed by atoms with Gasteiger partial charge in [0.05, 0.1) is 5.60 Å². The summed E-state index contributed by atoms with van der Waals surface area (Å²) in [7, 11) is 0. The number of rotatable bonds is 4. The molecule has 0 aliphatic carbocycles. The van der Waals surface area contributed by atoms with Crippen molar-refractivity contribution in [1.82, 2.24) is 5.32 Å². The van der Waals surface area contributed by atoms with Crippen LogP contribution in [0.1, 0.15) is 37.9 Å². The van der Waals surface area contributed by atoms with Crippen molar-refractivity contribution in [2.75, 3.05) is 6.54 Å². The molecule has 0 radical (unpaired) electrons. The highest BCUT2D eigenvalue weighted by molar-refractivity contribution is 5.28. The maximum absolute atomic E-state index is 9.62. The lowest BCUT2D eigenvalue weighted by molar-refractivity contribution is 0.0770. The molecular weight excluding hydrogens is 186 g/mol. The maximum Gasteiger partial charge on any atom is 0.0715 e. The summed E-state index contributed by atoms with van der Waals surface area (Å²) in [5.41, 5.74) is 1.92. The van der Waals surface area contributed by atoms with E-state index in [1.165, 1.54) is 11.1 Å². The molecular formula is C13H21NO. The monoisotopic (exact) mass is 207 g/mol. The summed E-state index contributed by atoms with van der Waals surface area (Å²) < 4.78 is 0. The average Bonchev–Trinajstić information content (AvgIpc) is 2.14. The van der Waals surface area contributed by atoms with Crippen LogP contribution >= 0.6 is 0 Å². The second-order valence-electron chi connectivity index (χ2n) is 4.77. The predicted octanol–water partition coefficient (Wildman–Crippen LogP) is 2.42. The minimum Gasteiger partial charge on any atom is -0.389 e. The molecule has 2 nitrogen and oxygen atoms in total. The van der Waals surface area contributed by atoms with Crippen LogP contribution in [-0.4, -0.2) is 17.3 Å². The Bertz CT molecular complexity index is 315. The van der Waals surface area contributed by atoms with Crippen LogP contribution in [0.5, 0.6) is 0 Å². The van der Waals surface area contributed by atoms with Gasteiger partial charge in [-0.05, 0) is 38.8 Å². The van der Waals surface area contributed by atoms with E-state index in [9.17, 15) is 5.11 Å². The van der Waals surface area contributed by atoms with Gasteiger partial charge in [0.15, 0.2) is 0 Å². The van der Waals surface area contributed by atoms with Gasteiger partial charge in [0.25, 0.3) is 0 Å². The van der Waals surface area contributed by atoms with Gasteiger partial charge in [-0.2, -0.15) is 0 Å². The van der Waals surface area contributed by atoms with Crippen molar-refractivity contribution < 1.29 is 5.11 Å². The molecule has 0 amide bonds. The largest absolute Gasteiger partial charge is 0.389 e. The highest BCUT2D eigenvalue weighted by Gasteiger charge is 2.14. The molecule has 2 heteroatoms. The highest BCUT2D eigenvalue weighted by Crippen LogP contribution is 2.17. The minimum absolute atomic E-state index is 0.276. The molecule has 15 heavy (non-hydrogen) atoms. The zero-order valence-corrected chi connectivity index (χ0v) is 10.0. The molecule has 0 aromatic heterocycles. The summed E-state index contributed by atoms with van der Waals surface area (Å²) in [6.45, 7) is 8.45. The summed E-state index contributed by atoms with van der Waals surface area (Å²) in [4.78, 5) is 0. The van der Waals surface area contributed by atoms with Crippen LogP contribution in [0.2, 0.25) is 0 Å². The Morgan fingerprint density at radius 2 is 1.93 bits per heavy atom. The summed E-state index contributed by atoms with van der Waals surface area (Å²) in [5.74, 6) is 0. The Morgan fingerprint density at radius 3 is 2.47 bits per heavy atom. The first-order chi connectivity index (χ1) is 6.90. The summed E-state index contributed by atoms with van der Waals surface area (Å²) >= 11 is 0. The van der Waals surface area contributed by atoms with E-state index in [0.29, 0.717) is 6.54 Å². The number of aliphatic hydroxyl groups is 1. The third-order valence-corrected chi connectivity index (χ3v) is 2.50. The van der Waals surface area contributed by atoms with E-state index in [1.807, 2.05) is 26.0 Å². The first kappa shape index (κ1) is 12.2. The Kier molecular flexibility index (Phi) is 3.89. The van der Waals surface area contributed by atoms with E-state index in [-0.39, 0.29) is 6.04 Å². The molecule has 1 rings (SSSR count). The lowest BCUT2D eigenvalue weighted by Gasteiger charge is -2.22. The first-order valence-electron chi connectivity index (χ1n) is 5.41. The zero-order valence-electron chi connectivity index (χ0n) is 10.0. The third kappa shape index (κ3) is 4.02. The minimum atomic E-state index is -0.656. The van der Waals surface area contributed by atoms with Gasteiger partial charge in [-0.3, -0.25) is 0 Å². The molecule has 1 aromatic rings. The number of hydrogen-bond donors (Lipinski definition) is 2. The van der Waals surface area contributed by atoms with Crippen LogP contribution in [0.4, 0.5) is 0 Å². The van der Waals surface area contributed by atoms with Crippen molar-refractivity contribution in [3.63, 3.8) is 0 Å². The summed E-state index contributed by atoms with van der Waals surface area (Å²) in [5, 5.41) is 12.9. The Hall–Kier alpha value is -0.860. The van der Waals surface area contributed by atoms with E-state index in [1.54, 1.807) is 0 Å². The van der Waals surface area contributed by atoms with Crippen LogP contribution in [0.15, 0.2) is 24.3 Å². The fourth-order valence-electron chi connectivity index (χ4n) is 1.59. The van der Waals surface area contributed by atoms with Gasteiger partial charge in [-0.1, -0.05) is 24.3 Å². The van der Waals surface area contributed by atoms with Gasteiger partial charge in [-0.15, -0.1) is 0 Å². The predicted molar refractivity (Wildman–Crippen MR) is 63.9 cm³/mol. The van der Waals surface area contributed by atoms with Crippen LogP contribution < -0.4 is 5.32 Å². The molecule has 1 aromatic carbocycles. The van der Waals surface area contributed by atoms with Crippen molar-refractivity contribution in [2.24, 2.45) is 0 Å². The van der Waals surface area contributed by atoms with Crippen molar-refractivity contribution in [1.29, 1.82) is 0 Å². The average molecular weight is 207 g/mol. The number of aryl methyl sites for hydroxylation is 1. The number of benzene rings is 1. The molecule has 2 N–H and O–H groups in total. The molecule has 0 heterocycles. The van der Waals surface area contributed by atoms with Gasteiger partial charge in [0, 0.05) is 12.6 Å². The van der Waals surface area contributed by atoms with E-state index in [4.69, 9.17) is 0 Å². The molecule has 1 atom stereocenters. The van der Waals surface area contributed by atoms with E-state index >= 15 is 0 Å². The van der Waals surface area contributed by atoms with Gasteiger partial charge in [-0.25, -0.2) is 0 Å². The summed E-state index contributed by atoms with van der Waals surface area (Å²) in [6, 6.07) is 8.60. The molecule has 0 fully saturated rings. The van der Waals surface area contributed by atoms with Gasteiger partial charge < -0.3 is 10.4 Å². The lowest BCUT2D eigenvalue weighted by Crippen LogP contribution is -2.36. The maximum atomic E-state index is 9.62. The summed E-state index contributed by atoms with van der Waals surface area (Å²) in [6.07, 6.45) is 0. The van der Waals surface area contributed by atoms with Crippen LogP contribution in [0.3, 0.4) is 0 Å². The van der Waals surface area contributed by atoms with Crippen molar-refractivity contribution in [2.45, 2.75) is 39.3 Å². The Morgan fingerprint density at radius 1 is 1.33 bits per heavy atom. The quantitative estimate of drug-likeness (QED) is 0.794. The fourth-order valence-corrected chi connectivity index (χ4v) is 1.59. The molecule has 0 unspecified atom stereocenters. The molecule has 0 spiro atoms. The van der Waals surface area contributed by atoms with E-state index in [2.05, 4.69) is 31.3 Å². The number of nitrogens with one attached hydrogen (secondary N) is 1. The third-order valence-electron chi connectivity index (χ3n) is 2.50. The Balaban J connectivity index is 2.62. The van der Waals surface area contributed by atoms with Gasteiger partial charge in [0.2, 0.25) is 0 Å². The van der Waals surface area contributed by atoms with Crippen molar-refractivity contribution in [3.8, 4) is 0 Å². The fraction of sp³-hybridized carbons (Fsp3) is 0.538. The van der Waals surface area contributed by atoms with Crippen LogP contribution in [-0.2, 0) is 0 Å². The topological polar surface area (TPSA) is 32.3 Å². The molecule has 0 saturated carbocycles. The smallest absolute Gasteiger partial charge is 0.0715 e. The van der Waals surface area contributed by atoms with Gasteiger partial charge in [0.1, 0.15) is 0 Å². The molecule has 84 valence electrons. The highest BCUT2D eigenvalue weighted by atomic mass is 16.3. The van der Waals surface area contributed by atoms with Gasteiger partial charge >= 0.3 is 0 Å². The van der Waals surface area contributed by atoms with E-state index in [0.717, 1.165) is 0 Å². The standard InChI is InChI=1S/C13H21NO/c1-10-7-5-6-8-12(10)11(2)14-9-13(3,4)15/h5-8,11,14-15H,9H2,1-4H3/t11-/m1/s1. The first-order valence-corrected chi connectivity index (χ1v) is 5.41. The lowest BCUT2D eigenvalue weighted by atomic mass is 10.0. The molecule has 0 aliphatic heterocycles. The van der Waals surface area contributed by atoms with Crippen LogP contribution in [0, 0.1) is 6.92 Å². The molecule has 0 saturated heterocycles. The zero-order chi connectivity index (χ0) is 11.5. The van der Waals surface area contributed by atoms with Crippen molar-refractivity contribution in [3.05, 3.63) is 35.4 Å². The second-order valence-corrected chi connectivity index (χ2v) is 4.77. The molecule has 0 bridgehead atoms. The van der Waals surface area contributed by atoms with E-state index < -0.39 is 5.60 Å². The number of hydrogen-bond acceptors (Lipinski definition) is 2. The molecule has 0 aliphatic rings. The SMILES string of the molecule is Cc1ccccc1[C@@H](C)NCC(C)(C)O.